The van der Waals surface area contributed by atoms with Crippen molar-refractivity contribution in [3.05, 3.63) is 0 Å². The molecule has 0 heterocycles. The maximum atomic E-state index is 10.5. The zero-order chi connectivity index (χ0) is 7.41. The van der Waals surface area contributed by atoms with E-state index in [9.17, 15) is 4.79 Å². The van der Waals surface area contributed by atoms with Crippen LogP contribution in [0.15, 0.2) is 0 Å². The number of fused-ring (bicyclic) bond motifs is 1. The monoisotopic (exact) mass is 138 g/mol. The van der Waals surface area contributed by atoms with Gasteiger partial charge < -0.3 is 4.79 Å². The summed E-state index contributed by atoms with van der Waals surface area (Å²) in [5.41, 5.74) is 0.938. The standard InChI is InChI=1S/C9H14O/c1-8-3-4-9(8,2)7(5-8)6-10/h6-7H,3-5H2,1-2H3. The second-order valence-corrected chi connectivity index (χ2v) is 4.42. The lowest BCUT2D eigenvalue weighted by molar-refractivity contribution is -0.201. The minimum Gasteiger partial charge on any atom is -0.303 e. The Morgan fingerprint density at radius 2 is 2.10 bits per heavy atom. The predicted molar refractivity (Wildman–Crippen MR) is 39.6 cm³/mol. The van der Waals surface area contributed by atoms with E-state index in [0.29, 0.717) is 16.7 Å². The molecule has 0 N–H and O–H groups in total. The lowest BCUT2D eigenvalue weighted by Gasteiger charge is -2.69. The fourth-order valence-electron chi connectivity index (χ4n) is 2.69. The highest BCUT2D eigenvalue weighted by atomic mass is 16.1. The van der Waals surface area contributed by atoms with Crippen LogP contribution in [0.3, 0.4) is 0 Å². The van der Waals surface area contributed by atoms with Crippen LogP contribution in [-0.4, -0.2) is 6.29 Å². The molecule has 3 atom stereocenters. The van der Waals surface area contributed by atoms with Crippen LogP contribution < -0.4 is 0 Å². The third kappa shape index (κ3) is 0.415. The summed E-state index contributed by atoms with van der Waals surface area (Å²) in [6.45, 7) is 4.58. The molecule has 10 heavy (non-hydrogen) atoms. The molecule has 0 aromatic carbocycles. The van der Waals surface area contributed by atoms with Crippen molar-refractivity contribution in [1.82, 2.24) is 0 Å². The highest BCUT2D eigenvalue weighted by Crippen LogP contribution is 2.72. The molecule has 0 aromatic rings. The lowest BCUT2D eigenvalue weighted by atomic mass is 9.35. The van der Waals surface area contributed by atoms with Crippen molar-refractivity contribution in [2.75, 3.05) is 0 Å². The van der Waals surface area contributed by atoms with Crippen LogP contribution in [0.4, 0.5) is 0 Å². The second kappa shape index (κ2) is 1.46. The van der Waals surface area contributed by atoms with Gasteiger partial charge in [0.15, 0.2) is 0 Å². The van der Waals surface area contributed by atoms with Gasteiger partial charge in [-0.15, -0.1) is 0 Å². The van der Waals surface area contributed by atoms with Crippen LogP contribution in [0.1, 0.15) is 33.1 Å². The molecule has 1 nitrogen and oxygen atoms in total. The smallest absolute Gasteiger partial charge is 0.123 e. The summed E-state index contributed by atoms with van der Waals surface area (Å²) in [6.07, 6.45) is 4.91. The third-order valence-electron chi connectivity index (χ3n) is 4.23. The van der Waals surface area contributed by atoms with Crippen molar-refractivity contribution in [1.29, 1.82) is 0 Å². The van der Waals surface area contributed by atoms with Gasteiger partial charge in [-0.2, -0.15) is 0 Å². The summed E-state index contributed by atoms with van der Waals surface area (Å²) >= 11 is 0. The SMILES string of the molecule is CC12CCC1(C)C(C=O)C2. The highest BCUT2D eigenvalue weighted by molar-refractivity contribution is 5.59. The van der Waals surface area contributed by atoms with Gasteiger partial charge in [0, 0.05) is 5.92 Å². The minimum absolute atomic E-state index is 0.381. The maximum Gasteiger partial charge on any atom is 0.123 e. The van der Waals surface area contributed by atoms with Crippen molar-refractivity contribution in [3.63, 3.8) is 0 Å². The molecular weight excluding hydrogens is 124 g/mol. The van der Waals surface area contributed by atoms with E-state index in [0.717, 1.165) is 12.7 Å². The molecule has 0 saturated heterocycles. The summed E-state index contributed by atoms with van der Waals surface area (Å²) in [5, 5.41) is 0. The molecule has 0 amide bonds. The molecular formula is C9H14O. The minimum atomic E-state index is 0.381. The van der Waals surface area contributed by atoms with Crippen LogP contribution in [0.5, 0.6) is 0 Å². The Morgan fingerprint density at radius 1 is 1.40 bits per heavy atom. The van der Waals surface area contributed by atoms with Gasteiger partial charge in [-0.3, -0.25) is 0 Å². The quantitative estimate of drug-likeness (QED) is 0.506. The Hall–Kier alpha value is -0.330. The van der Waals surface area contributed by atoms with E-state index >= 15 is 0 Å². The molecule has 2 saturated carbocycles. The Kier molecular flexibility index (Phi) is 0.934. The van der Waals surface area contributed by atoms with Gasteiger partial charge in [-0.05, 0) is 30.1 Å². The van der Waals surface area contributed by atoms with Gasteiger partial charge >= 0.3 is 0 Å². The van der Waals surface area contributed by atoms with Crippen LogP contribution in [0.2, 0.25) is 0 Å². The van der Waals surface area contributed by atoms with Gasteiger partial charge in [0.05, 0.1) is 0 Å². The van der Waals surface area contributed by atoms with Gasteiger partial charge in [0.1, 0.15) is 6.29 Å². The van der Waals surface area contributed by atoms with Crippen molar-refractivity contribution in [2.45, 2.75) is 33.1 Å². The largest absolute Gasteiger partial charge is 0.303 e. The summed E-state index contributed by atoms with van der Waals surface area (Å²) in [4.78, 5) is 10.5. The number of hydrogen-bond donors (Lipinski definition) is 0. The summed E-state index contributed by atoms with van der Waals surface area (Å²) in [7, 11) is 0. The number of carbonyl (C=O) groups is 1. The molecule has 0 aliphatic heterocycles. The first-order chi connectivity index (χ1) is 4.62. The van der Waals surface area contributed by atoms with E-state index in [1.165, 1.54) is 12.8 Å². The molecule has 0 bridgehead atoms. The molecule has 2 fully saturated rings. The van der Waals surface area contributed by atoms with E-state index < -0.39 is 0 Å². The first-order valence-corrected chi connectivity index (χ1v) is 4.08. The average Bonchev–Trinajstić information content (AvgIpc) is 1.96. The number of rotatable bonds is 1. The van der Waals surface area contributed by atoms with E-state index in [1.54, 1.807) is 0 Å². The third-order valence-corrected chi connectivity index (χ3v) is 4.23. The number of aldehydes is 1. The molecule has 56 valence electrons. The van der Waals surface area contributed by atoms with Crippen molar-refractivity contribution >= 4 is 6.29 Å². The first kappa shape index (κ1) is 6.38. The topological polar surface area (TPSA) is 17.1 Å². The van der Waals surface area contributed by atoms with Gasteiger partial charge in [-0.25, -0.2) is 0 Å². The molecule has 0 radical (unpaired) electrons. The molecule has 0 aromatic heterocycles. The van der Waals surface area contributed by atoms with E-state index in [4.69, 9.17) is 0 Å². The molecule has 3 unspecified atom stereocenters. The molecule has 0 spiro atoms. The molecule has 1 heteroatoms. The van der Waals surface area contributed by atoms with Gasteiger partial charge in [0.2, 0.25) is 0 Å². The Labute approximate surface area is 61.8 Å². The van der Waals surface area contributed by atoms with Crippen LogP contribution in [-0.2, 0) is 4.79 Å². The van der Waals surface area contributed by atoms with Crippen LogP contribution in [0, 0.1) is 16.7 Å². The normalized spacial score (nSPS) is 58.0. The maximum absolute atomic E-state index is 10.5. The number of carbonyl (C=O) groups excluding carboxylic acids is 1. The summed E-state index contributed by atoms with van der Waals surface area (Å²) in [6, 6.07) is 0. The number of hydrogen-bond acceptors (Lipinski definition) is 1. The molecule has 2 aliphatic rings. The summed E-state index contributed by atoms with van der Waals surface area (Å²) < 4.78 is 0. The summed E-state index contributed by atoms with van der Waals surface area (Å²) in [5.74, 6) is 0.381. The fourth-order valence-corrected chi connectivity index (χ4v) is 2.69. The van der Waals surface area contributed by atoms with Gasteiger partial charge in [-0.1, -0.05) is 13.8 Å². The van der Waals surface area contributed by atoms with E-state index in [1.807, 2.05) is 0 Å². The average molecular weight is 138 g/mol. The van der Waals surface area contributed by atoms with Crippen molar-refractivity contribution < 1.29 is 4.79 Å². The zero-order valence-corrected chi connectivity index (χ0v) is 6.68. The lowest BCUT2D eigenvalue weighted by Crippen LogP contribution is -2.62. The second-order valence-electron chi connectivity index (χ2n) is 4.42. The highest BCUT2D eigenvalue weighted by Gasteiger charge is 2.65. The van der Waals surface area contributed by atoms with Gasteiger partial charge in [0.25, 0.3) is 0 Å². The fraction of sp³-hybridized carbons (Fsp3) is 0.889. The van der Waals surface area contributed by atoms with Crippen molar-refractivity contribution in [3.8, 4) is 0 Å². The van der Waals surface area contributed by atoms with E-state index in [2.05, 4.69) is 13.8 Å². The Morgan fingerprint density at radius 3 is 2.20 bits per heavy atom. The first-order valence-electron chi connectivity index (χ1n) is 4.08. The Bertz CT molecular complexity index is 187. The van der Waals surface area contributed by atoms with Crippen LogP contribution >= 0.6 is 0 Å². The van der Waals surface area contributed by atoms with Crippen LogP contribution in [0.25, 0.3) is 0 Å². The molecule has 2 aliphatic carbocycles. The zero-order valence-electron chi connectivity index (χ0n) is 6.68. The Balaban J connectivity index is 2.19. The molecule has 2 rings (SSSR count). The van der Waals surface area contributed by atoms with E-state index in [-0.39, 0.29) is 0 Å². The predicted octanol–water partition coefficient (Wildman–Crippen LogP) is 2.01. The van der Waals surface area contributed by atoms with Crippen molar-refractivity contribution in [2.24, 2.45) is 16.7 Å².